The molecule has 0 fully saturated rings. The minimum absolute atomic E-state index is 0.143. The summed E-state index contributed by atoms with van der Waals surface area (Å²) in [6, 6.07) is 41.2. The number of benzene rings is 6. The van der Waals surface area contributed by atoms with Crippen LogP contribution in [0.3, 0.4) is 0 Å². The zero-order chi connectivity index (χ0) is 38.9. The highest BCUT2D eigenvalue weighted by molar-refractivity contribution is 6.50. The molecule has 7 aromatic rings. The Labute approximate surface area is 315 Å². The van der Waals surface area contributed by atoms with Crippen LogP contribution in [0.15, 0.2) is 169 Å². The van der Waals surface area contributed by atoms with Gasteiger partial charge in [0, 0.05) is 51.5 Å². The average Bonchev–Trinajstić information content (AvgIpc) is 3.71. The van der Waals surface area contributed by atoms with Gasteiger partial charge in [-0.25, -0.2) is 0 Å². The number of hydrogen-bond donors (Lipinski definition) is 0. The molecular weight excluding hydrogens is 727 g/mol. The van der Waals surface area contributed by atoms with E-state index in [0.717, 1.165) is 24.3 Å². The molecule has 10 heteroatoms. The number of aromatic nitrogens is 1. The summed E-state index contributed by atoms with van der Waals surface area (Å²) in [6.45, 7) is 0. The van der Waals surface area contributed by atoms with Gasteiger partial charge >= 0.3 is 12.4 Å². The highest BCUT2D eigenvalue weighted by Gasteiger charge is 2.45. The van der Waals surface area contributed by atoms with Crippen molar-refractivity contribution in [2.75, 3.05) is 0 Å². The minimum Gasteiger partial charge on any atom is -0.871 e. The third kappa shape index (κ3) is 5.47. The summed E-state index contributed by atoms with van der Waals surface area (Å²) in [7, 11) is 0. The van der Waals surface area contributed by atoms with Gasteiger partial charge in [-0.05, 0) is 54.1 Å². The molecule has 1 aliphatic carbocycles. The maximum atomic E-state index is 14.9. The molecule has 0 amide bonds. The van der Waals surface area contributed by atoms with Gasteiger partial charge in [-0.15, -0.1) is 0 Å². The van der Waals surface area contributed by atoms with Crippen LogP contribution in [0, 0.1) is 0 Å². The first-order chi connectivity index (χ1) is 26.9. The number of para-hydroxylation sites is 2. The Morgan fingerprint density at radius 3 is 1.82 bits per heavy atom. The largest absolute Gasteiger partial charge is 0.871 e. The van der Waals surface area contributed by atoms with Gasteiger partial charge in [0.1, 0.15) is 0 Å². The number of halogens is 6. The second kappa shape index (κ2) is 12.8. The van der Waals surface area contributed by atoms with Crippen LogP contribution in [0.4, 0.5) is 37.7 Å². The summed E-state index contributed by atoms with van der Waals surface area (Å²) in [5.41, 5.74) is 2.16. The maximum absolute atomic E-state index is 14.9. The van der Waals surface area contributed by atoms with Gasteiger partial charge in [0.05, 0.1) is 33.5 Å². The standard InChI is InChI=1S/C46H26F6N2O2/c47-45(48,49)29-17-11-19-31(25-29)53-35-23-9-7-21-33(35)37(41(53)27-13-3-1-4-14-27)39-43(55)40(44(39)56)38-34-22-8-10-24-36(34)54(42(38)28-15-5-2-6-16-28)32-20-12-18-30(26-32)46(50,51)52/h1-26H. The number of Topliss-reactive ketones (excluding diaryl/α,β-unsaturated/α-hetero) is 1. The van der Waals surface area contributed by atoms with Gasteiger partial charge in [0.25, 0.3) is 0 Å². The van der Waals surface area contributed by atoms with Crippen LogP contribution >= 0.6 is 0 Å². The summed E-state index contributed by atoms with van der Waals surface area (Å²) < 4.78 is 87.4. The Kier molecular flexibility index (Phi) is 7.98. The van der Waals surface area contributed by atoms with Gasteiger partial charge in [-0.1, -0.05) is 96.8 Å². The zero-order valence-corrected chi connectivity index (χ0v) is 29.0. The number of rotatable bonds is 5. The average molecular weight is 753 g/mol. The highest BCUT2D eigenvalue weighted by Crippen LogP contribution is 2.51. The molecule has 9 rings (SSSR count). The highest BCUT2D eigenvalue weighted by atomic mass is 19.4. The third-order valence-electron chi connectivity index (χ3n) is 10.1. The fourth-order valence-corrected chi connectivity index (χ4v) is 7.75. The molecule has 2 heterocycles. The van der Waals surface area contributed by atoms with E-state index in [1.165, 1.54) is 12.1 Å². The molecule has 56 heavy (non-hydrogen) atoms. The van der Waals surface area contributed by atoms with Crippen molar-refractivity contribution in [2.24, 2.45) is 0 Å². The van der Waals surface area contributed by atoms with Crippen LogP contribution in [0.5, 0.6) is 0 Å². The Hall–Kier alpha value is -6.94. The summed E-state index contributed by atoms with van der Waals surface area (Å²) in [5, 5.41) is 15.4. The topological polar surface area (TPSA) is 48.1 Å². The molecular formula is C46H26F6N2O2. The Morgan fingerprint density at radius 2 is 1.14 bits per heavy atom. The van der Waals surface area contributed by atoms with Crippen LogP contribution in [-0.2, 0) is 17.1 Å². The van der Waals surface area contributed by atoms with Crippen LogP contribution in [-0.4, -0.2) is 16.1 Å². The number of ketones is 1. The number of fused-ring (bicyclic) bond motifs is 2. The fourth-order valence-electron chi connectivity index (χ4n) is 7.75. The molecule has 1 aromatic heterocycles. The molecule has 0 saturated carbocycles. The SMILES string of the molecule is O=C1C(c2c(-c3ccccc3)n(-c3cccc(C(F)(F)F)c3)c3ccccc23)=C([O-])/C1=C1/C(c2ccccc2)=[N+](c2cccc(C(F)(F)F)c2)c2ccccc21. The first-order valence-electron chi connectivity index (χ1n) is 17.5. The van der Waals surface area contributed by atoms with Gasteiger partial charge in [0.2, 0.25) is 17.1 Å². The second-order valence-electron chi connectivity index (χ2n) is 13.4. The Balaban J connectivity index is 1.36. The first kappa shape index (κ1) is 34.8. The lowest BCUT2D eigenvalue weighted by atomic mass is 9.77. The van der Waals surface area contributed by atoms with E-state index in [0.29, 0.717) is 44.7 Å². The molecule has 1 aliphatic heterocycles. The van der Waals surface area contributed by atoms with Crippen molar-refractivity contribution in [3.63, 3.8) is 0 Å². The van der Waals surface area contributed by atoms with E-state index in [1.54, 1.807) is 130 Å². The van der Waals surface area contributed by atoms with Gasteiger partial charge < -0.3 is 9.67 Å². The van der Waals surface area contributed by atoms with Crippen molar-refractivity contribution in [1.82, 2.24) is 9.14 Å². The molecule has 0 radical (unpaired) electrons. The van der Waals surface area contributed by atoms with Crippen molar-refractivity contribution in [3.8, 4) is 16.9 Å². The van der Waals surface area contributed by atoms with E-state index in [2.05, 4.69) is 0 Å². The van der Waals surface area contributed by atoms with Crippen LogP contribution < -0.4 is 9.68 Å². The van der Waals surface area contributed by atoms with E-state index in [1.807, 2.05) is 0 Å². The van der Waals surface area contributed by atoms with E-state index in [4.69, 9.17) is 0 Å². The van der Waals surface area contributed by atoms with Gasteiger partial charge in [-0.3, -0.25) is 4.79 Å². The molecule has 4 nitrogen and oxygen atoms in total. The Morgan fingerprint density at radius 1 is 0.554 bits per heavy atom. The van der Waals surface area contributed by atoms with Crippen molar-refractivity contribution < 1.29 is 36.2 Å². The lowest BCUT2D eigenvalue weighted by molar-refractivity contribution is -0.297. The minimum atomic E-state index is -4.63. The summed E-state index contributed by atoms with van der Waals surface area (Å²) in [6.07, 6.45) is -9.26. The van der Waals surface area contributed by atoms with E-state index >= 15 is 0 Å². The molecule has 2 aliphatic rings. The predicted molar refractivity (Wildman–Crippen MR) is 202 cm³/mol. The summed E-state index contributed by atoms with van der Waals surface area (Å²) in [4.78, 5) is 14.9. The number of nitrogens with zero attached hydrogens (tertiary/aromatic N) is 2. The third-order valence-corrected chi connectivity index (χ3v) is 10.1. The smallest absolute Gasteiger partial charge is 0.416 e. The van der Waals surface area contributed by atoms with Gasteiger partial charge in [-0.2, -0.15) is 30.9 Å². The lowest BCUT2D eigenvalue weighted by Gasteiger charge is -2.32. The number of hydrogen-bond acceptors (Lipinski definition) is 2. The zero-order valence-electron chi connectivity index (χ0n) is 29.0. The molecule has 0 N–H and O–H groups in total. The fraction of sp³-hybridized carbons (Fsp3) is 0.0435. The van der Waals surface area contributed by atoms with Crippen molar-refractivity contribution >= 4 is 44.9 Å². The van der Waals surface area contributed by atoms with Crippen molar-refractivity contribution in [1.29, 1.82) is 0 Å². The monoisotopic (exact) mass is 752 g/mol. The summed E-state index contributed by atoms with van der Waals surface area (Å²) in [5.74, 6) is -1.19. The Bertz CT molecular complexity index is 2850. The van der Waals surface area contributed by atoms with E-state index in [-0.39, 0.29) is 33.7 Å². The first-order valence-corrected chi connectivity index (χ1v) is 17.5. The lowest BCUT2D eigenvalue weighted by Crippen LogP contribution is -2.31. The molecule has 6 aromatic carbocycles. The quantitative estimate of drug-likeness (QED) is 0.0999. The van der Waals surface area contributed by atoms with Crippen molar-refractivity contribution in [2.45, 2.75) is 12.4 Å². The number of carbonyl (C=O) groups is 1. The molecule has 0 saturated heterocycles. The van der Waals surface area contributed by atoms with E-state index < -0.39 is 35.0 Å². The van der Waals surface area contributed by atoms with Crippen LogP contribution in [0.2, 0.25) is 0 Å². The van der Waals surface area contributed by atoms with Gasteiger partial charge in [0.15, 0.2) is 5.78 Å². The van der Waals surface area contributed by atoms with Crippen LogP contribution in [0.25, 0.3) is 39.0 Å². The maximum Gasteiger partial charge on any atom is 0.416 e. The molecule has 0 unspecified atom stereocenters. The molecule has 0 spiro atoms. The number of carbonyl (C=O) groups excluding carboxylic acids is 1. The van der Waals surface area contributed by atoms with E-state index in [9.17, 15) is 36.2 Å². The second-order valence-corrected chi connectivity index (χ2v) is 13.4. The molecule has 0 atom stereocenters. The normalized spacial score (nSPS) is 15.8. The molecule has 274 valence electrons. The van der Waals surface area contributed by atoms with Crippen molar-refractivity contribution in [3.05, 3.63) is 197 Å². The number of allylic oxidation sites excluding steroid dienone is 3. The summed E-state index contributed by atoms with van der Waals surface area (Å²) >= 11 is 0. The van der Waals surface area contributed by atoms with Crippen LogP contribution in [0.1, 0.15) is 27.8 Å². The molecule has 0 bridgehead atoms. The number of alkyl halides is 6. The predicted octanol–water partition coefficient (Wildman–Crippen LogP) is 10.8.